The Bertz CT molecular complexity index is 644. The maximum atomic E-state index is 11.4. The maximum absolute atomic E-state index is 11.4. The van der Waals surface area contributed by atoms with E-state index in [9.17, 15) is 14.9 Å². The number of rotatable bonds is 5. The Balaban J connectivity index is 2.23. The third-order valence-corrected chi connectivity index (χ3v) is 2.64. The summed E-state index contributed by atoms with van der Waals surface area (Å²) in [6.45, 7) is 0. The first-order valence-corrected chi connectivity index (χ1v) is 5.81. The number of carbonyl (C=O) groups excluding carboxylic acids is 1. The highest BCUT2D eigenvalue weighted by Gasteiger charge is 2.14. The van der Waals surface area contributed by atoms with Crippen LogP contribution in [0, 0.1) is 10.1 Å². The molecule has 20 heavy (non-hydrogen) atoms. The van der Waals surface area contributed by atoms with Gasteiger partial charge in [0.05, 0.1) is 12.8 Å². The second-order valence-corrected chi connectivity index (χ2v) is 3.96. The van der Waals surface area contributed by atoms with Crippen molar-refractivity contribution in [2.24, 2.45) is 0 Å². The summed E-state index contributed by atoms with van der Waals surface area (Å²) in [5.74, 6) is -0.0178. The van der Waals surface area contributed by atoms with E-state index >= 15 is 0 Å². The van der Waals surface area contributed by atoms with Gasteiger partial charge in [-0.15, -0.1) is 0 Å². The molecule has 7 heteroatoms. The molecule has 98 valence electrons. The molecule has 0 spiro atoms. The maximum Gasteiger partial charge on any atom is 0.311 e. The average molecular weight is 267 g/mol. The molecule has 2 radical (unpaired) electrons. The van der Waals surface area contributed by atoms with Gasteiger partial charge in [-0.2, -0.15) is 0 Å². The molecule has 0 aliphatic rings. The van der Waals surface area contributed by atoms with E-state index in [0.29, 0.717) is 11.3 Å². The summed E-state index contributed by atoms with van der Waals surface area (Å²) >= 11 is 0. The monoisotopic (exact) mass is 267 g/mol. The molecular formula is C13H10BN3O3. The molecule has 1 heterocycles. The fourth-order valence-corrected chi connectivity index (χ4v) is 1.63. The minimum absolute atomic E-state index is 0.0571. The molecule has 1 aromatic carbocycles. The first-order valence-electron chi connectivity index (χ1n) is 5.81. The Morgan fingerprint density at radius 3 is 2.60 bits per heavy atom. The van der Waals surface area contributed by atoms with Gasteiger partial charge in [0.15, 0.2) is 5.78 Å². The van der Waals surface area contributed by atoms with Crippen LogP contribution in [0.5, 0.6) is 0 Å². The summed E-state index contributed by atoms with van der Waals surface area (Å²) in [6.07, 6.45) is 1.40. The molecule has 0 saturated heterocycles. The molecule has 2 aromatic rings. The van der Waals surface area contributed by atoms with Crippen molar-refractivity contribution >= 4 is 30.8 Å². The molecule has 0 aliphatic carbocycles. The fourth-order valence-electron chi connectivity index (χ4n) is 1.63. The Labute approximate surface area is 116 Å². The number of hydrogen-bond donors (Lipinski definition) is 1. The van der Waals surface area contributed by atoms with E-state index < -0.39 is 4.92 Å². The highest BCUT2D eigenvalue weighted by atomic mass is 16.6. The standard InChI is InChI=1S/C13H10BN3O3/c14-8-12(18)9-3-5-10(6-4-9)16-13-11(17(19)20)2-1-7-15-13/h1-7H,8H2,(H,15,16). The van der Waals surface area contributed by atoms with E-state index in [2.05, 4.69) is 10.3 Å². The van der Waals surface area contributed by atoms with Crippen LogP contribution < -0.4 is 5.32 Å². The molecule has 1 aromatic heterocycles. The molecular weight excluding hydrogens is 257 g/mol. The number of carbonyl (C=O) groups is 1. The van der Waals surface area contributed by atoms with E-state index in [4.69, 9.17) is 7.85 Å². The Morgan fingerprint density at radius 2 is 2.00 bits per heavy atom. The van der Waals surface area contributed by atoms with Crippen molar-refractivity contribution in [2.75, 3.05) is 5.32 Å². The van der Waals surface area contributed by atoms with Crippen LogP contribution in [-0.2, 0) is 0 Å². The van der Waals surface area contributed by atoms with E-state index in [-0.39, 0.29) is 23.6 Å². The molecule has 0 aliphatic heterocycles. The zero-order valence-corrected chi connectivity index (χ0v) is 10.4. The van der Waals surface area contributed by atoms with Gasteiger partial charge >= 0.3 is 5.69 Å². The van der Waals surface area contributed by atoms with Crippen molar-refractivity contribution in [3.63, 3.8) is 0 Å². The lowest BCUT2D eigenvalue weighted by Crippen LogP contribution is -2.00. The number of ketones is 1. The van der Waals surface area contributed by atoms with E-state index in [1.807, 2.05) is 0 Å². The largest absolute Gasteiger partial charge is 0.334 e. The topological polar surface area (TPSA) is 85.1 Å². The van der Waals surface area contributed by atoms with Crippen molar-refractivity contribution in [3.8, 4) is 0 Å². The number of nitro groups is 1. The minimum Gasteiger partial charge on any atom is -0.334 e. The van der Waals surface area contributed by atoms with E-state index in [1.54, 1.807) is 24.3 Å². The number of hydrogen-bond acceptors (Lipinski definition) is 5. The molecule has 2 rings (SSSR count). The van der Waals surface area contributed by atoms with Crippen LogP contribution in [0.25, 0.3) is 0 Å². The second-order valence-electron chi connectivity index (χ2n) is 3.96. The molecule has 0 saturated carbocycles. The third-order valence-electron chi connectivity index (χ3n) is 2.64. The normalized spacial score (nSPS) is 10.0. The number of nitrogens with one attached hydrogen (secondary N) is 1. The smallest absolute Gasteiger partial charge is 0.311 e. The number of benzene rings is 1. The number of nitrogens with zero attached hydrogens (tertiary/aromatic N) is 2. The summed E-state index contributed by atoms with van der Waals surface area (Å²) in [5.41, 5.74) is 0.976. The van der Waals surface area contributed by atoms with Gasteiger partial charge in [-0.1, -0.05) is 0 Å². The zero-order chi connectivity index (χ0) is 14.5. The van der Waals surface area contributed by atoms with Gasteiger partial charge in [-0.25, -0.2) is 4.98 Å². The first kappa shape index (κ1) is 13.7. The van der Waals surface area contributed by atoms with Crippen LogP contribution in [0.3, 0.4) is 0 Å². The predicted octanol–water partition coefficient (Wildman–Crippen LogP) is 2.50. The summed E-state index contributed by atoms with van der Waals surface area (Å²) in [5, 5.41) is 13.7. The minimum atomic E-state index is -0.512. The zero-order valence-electron chi connectivity index (χ0n) is 10.4. The summed E-state index contributed by atoms with van der Waals surface area (Å²) < 4.78 is 0. The van der Waals surface area contributed by atoms with Crippen LogP contribution in [0.1, 0.15) is 10.4 Å². The van der Waals surface area contributed by atoms with Gasteiger partial charge in [0.1, 0.15) is 0 Å². The Hall–Kier alpha value is -2.70. The lowest BCUT2D eigenvalue weighted by atomic mass is 9.96. The van der Waals surface area contributed by atoms with Crippen LogP contribution >= 0.6 is 0 Å². The van der Waals surface area contributed by atoms with Gasteiger partial charge in [-0.05, 0) is 36.7 Å². The van der Waals surface area contributed by atoms with Crippen molar-refractivity contribution in [2.45, 2.75) is 6.32 Å². The molecule has 0 atom stereocenters. The molecule has 1 N–H and O–H groups in total. The fraction of sp³-hybridized carbons (Fsp3) is 0.0769. The van der Waals surface area contributed by atoms with Crippen LogP contribution in [-0.4, -0.2) is 23.5 Å². The highest BCUT2D eigenvalue weighted by molar-refractivity contribution is 6.24. The van der Waals surface area contributed by atoms with Crippen LogP contribution in [0.15, 0.2) is 42.6 Å². The van der Waals surface area contributed by atoms with Gasteiger partial charge in [0, 0.05) is 23.5 Å². The van der Waals surface area contributed by atoms with Crippen LogP contribution in [0.4, 0.5) is 17.2 Å². The highest BCUT2D eigenvalue weighted by Crippen LogP contribution is 2.24. The van der Waals surface area contributed by atoms with E-state index in [0.717, 1.165) is 0 Å². The average Bonchev–Trinajstić information content (AvgIpc) is 2.47. The van der Waals surface area contributed by atoms with Gasteiger partial charge in [-0.3, -0.25) is 14.9 Å². The van der Waals surface area contributed by atoms with Crippen molar-refractivity contribution in [1.82, 2.24) is 4.98 Å². The van der Waals surface area contributed by atoms with Crippen molar-refractivity contribution in [1.29, 1.82) is 0 Å². The third kappa shape index (κ3) is 3.00. The van der Waals surface area contributed by atoms with Crippen molar-refractivity contribution < 1.29 is 9.72 Å². The molecule has 0 amide bonds. The summed E-state index contributed by atoms with van der Waals surface area (Å²) in [6, 6.07) is 9.34. The lowest BCUT2D eigenvalue weighted by Gasteiger charge is -2.06. The van der Waals surface area contributed by atoms with E-state index in [1.165, 1.54) is 18.3 Å². The van der Waals surface area contributed by atoms with Gasteiger partial charge in [0.2, 0.25) is 5.82 Å². The first-order chi connectivity index (χ1) is 9.61. The lowest BCUT2D eigenvalue weighted by molar-refractivity contribution is -0.384. The number of aromatic nitrogens is 1. The molecule has 0 bridgehead atoms. The van der Waals surface area contributed by atoms with Gasteiger partial charge < -0.3 is 5.32 Å². The number of Topliss-reactive ketones (excluding diaryl/α,β-unsaturated/α-hetero) is 1. The molecule has 6 nitrogen and oxygen atoms in total. The van der Waals surface area contributed by atoms with Gasteiger partial charge in [0.25, 0.3) is 0 Å². The molecule has 0 fully saturated rings. The number of pyridine rings is 1. The predicted molar refractivity (Wildman–Crippen MR) is 75.5 cm³/mol. The Morgan fingerprint density at radius 1 is 1.30 bits per heavy atom. The number of anilines is 2. The SMILES string of the molecule is [B]CC(=O)c1ccc(Nc2ncccc2[N+](=O)[O-])cc1. The van der Waals surface area contributed by atoms with Crippen LogP contribution in [0.2, 0.25) is 6.32 Å². The summed E-state index contributed by atoms with van der Waals surface area (Å²) in [7, 11) is 5.27. The molecule has 0 unspecified atom stereocenters. The Kier molecular flexibility index (Phi) is 4.09. The van der Waals surface area contributed by atoms with Crippen molar-refractivity contribution in [3.05, 3.63) is 58.3 Å². The summed E-state index contributed by atoms with van der Waals surface area (Å²) in [4.78, 5) is 25.7. The quantitative estimate of drug-likeness (QED) is 0.389. The second kappa shape index (κ2) is 5.96.